The van der Waals surface area contributed by atoms with Crippen molar-refractivity contribution in [2.24, 2.45) is 0 Å². The Bertz CT molecular complexity index is 1330. The monoisotopic (exact) mass is 481 g/mol. The van der Waals surface area contributed by atoms with Gasteiger partial charge < -0.3 is 9.15 Å². The predicted molar refractivity (Wildman–Crippen MR) is 120 cm³/mol. The van der Waals surface area contributed by atoms with Crippen LogP contribution < -0.4 is 5.76 Å². The SMILES string of the molecule is C[Si](C)(C)CCOCn1c(=O)oc2c(-c3cnc4c(cnn4CC(F)F)n3)ccc(Cl)c21. The number of nitrogens with zero attached hydrogens (tertiary/aromatic N) is 5. The highest BCUT2D eigenvalue weighted by Gasteiger charge is 2.20. The second-order valence-corrected chi connectivity index (χ2v) is 14.6. The Morgan fingerprint density at radius 1 is 1.25 bits per heavy atom. The molecule has 0 atom stereocenters. The van der Waals surface area contributed by atoms with Gasteiger partial charge in [0.25, 0.3) is 6.43 Å². The lowest BCUT2D eigenvalue weighted by molar-refractivity contribution is 0.0850. The van der Waals surface area contributed by atoms with Crippen molar-refractivity contribution >= 4 is 41.9 Å². The second kappa shape index (κ2) is 8.72. The van der Waals surface area contributed by atoms with E-state index in [9.17, 15) is 13.6 Å². The van der Waals surface area contributed by atoms with Crippen LogP contribution in [0.4, 0.5) is 8.78 Å². The van der Waals surface area contributed by atoms with Gasteiger partial charge in [-0.15, -0.1) is 0 Å². The van der Waals surface area contributed by atoms with E-state index >= 15 is 0 Å². The molecule has 4 aromatic rings. The Morgan fingerprint density at radius 2 is 2.03 bits per heavy atom. The zero-order chi connectivity index (χ0) is 23.0. The first kappa shape index (κ1) is 22.6. The van der Waals surface area contributed by atoms with Crippen molar-refractivity contribution in [3.8, 4) is 11.3 Å². The molecule has 0 N–H and O–H groups in total. The molecule has 32 heavy (non-hydrogen) atoms. The third-order valence-electron chi connectivity index (χ3n) is 4.91. The summed E-state index contributed by atoms with van der Waals surface area (Å²) in [6.45, 7) is 6.72. The average Bonchev–Trinajstić information content (AvgIpc) is 3.25. The summed E-state index contributed by atoms with van der Waals surface area (Å²) in [7, 11) is -1.27. The molecule has 1 aromatic carbocycles. The fourth-order valence-corrected chi connectivity index (χ4v) is 4.25. The zero-order valence-electron chi connectivity index (χ0n) is 17.8. The Kier molecular flexibility index (Phi) is 6.14. The quantitative estimate of drug-likeness (QED) is 0.269. The lowest BCUT2D eigenvalue weighted by atomic mass is 10.1. The molecule has 0 aliphatic heterocycles. The summed E-state index contributed by atoms with van der Waals surface area (Å²) < 4.78 is 39.1. The largest absolute Gasteiger partial charge is 0.421 e. The molecule has 0 fully saturated rings. The van der Waals surface area contributed by atoms with E-state index in [4.69, 9.17) is 20.8 Å². The highest BCUT2D eigenvalue weighted by Crippen LogP contribution is 2.32. The summed E-state index contributed by atoms with van der Waals surface area (Å²) >= 11 is 6.38. The summed E-state index contributed by atoms with van der Waals surface area (Å²) in [6.07, 6.45) is 0.239. The minimum atomic E-state index is -2.56. The topological polar surface area (TPSA) is 88.0 Å². The van der Waals surface area contributed by atoms with E-state index in [1.54, 1.807) is 12.1 Å². The van der Waals surface area contributed by atoms with Crippen LogP contribution in [0.15, 0.2) is 33.7 Å². The molecule has 0 bridgehead atoms. The number of rotatable bonds is 8. The molecule has 0 radical (unpaired) electrons. The number of hydrogen-bond acceptors (Lipinski definition) is 6. The molecule has 3 heterocycles. The molecule has 0 amide bonds. The average molecular weight is 482 g/mol. The van der Waals surface area contributed by atoms with Gasteiger partial charge in [-0.3, -0.25) is 0 Å². The van der Waals surface area contributed by atoms with Crippen molar-refractivity contribution in [2.75, 3.05) is 6.61 Å². The maximum atomic E-state index is 12.7. The third kappa shape index (κ3) is 4.59. The van der Waals surface area contributed by atoms with E-state index in [0.29, 0.717) is 33.9 Å². The van der Waals surface area contributed by atoms with Crippen LogP contribution in [-0.2, 0) is 18.0 Å². The normalized spacial score (nSPS) is 12.5. The summed E-state index contributed by atoms with van der Waals surface area (Å²) in [4.78, 5) is 21.2. The number of benzene rings is 1. The highest BCUT2D eigenvalue weighted by atomic mass is 35.5. The Balaban J connectivity index is 1.70. The van der Waals surface area contributed by atoms with Crippen LogP contribution >= 0.6 is 11.6 Å². The van der Waals surface area contributed by atoms with Gasteiger partial charge in [0.15, 0.2) is 11.2 Å². The fourth-order valence-electron chi connectivity index (χ4n) is 3.24. The van der Waals surface area contributed by atoms with E-state index in [2.05, 4.69) is 34.7 Å². The van der Waals surface area contributed by atoms with Crippen molar-refractivity contribution in [1.29, 1.82) is 0 Å². The van der Waals surface area contributed by atoms with Gasteiger partial charge in [-0.05, 0) is 18.2 Å². The summed E-state index contributed by atoms with van der Waals surface area (Å²) in [5, 5.41) is 4.26. The molecule has 0 saturated heterocycles. The molecule has 0 aliphatic rings. The Hall–Kier alpha value is -2.63. The molecule has 0 unspecified atom stereocenters. The van der Waals surface area contributed by atoms with Gasteiger partial charge in [-0.1, -0.05) is 31.2 Å². The minimum absolute atomic E-state index is 0.0185. The number of fused-ring (bicyclic) bond motifs is 2. The van der Waals surface area contributed by atoms with E-state index < -0.39 is 26.8 Å². The van der Waals surface area contributed by atoms with Crippen molar-refractivity contribution < 1.29 is 17.9 Å². The summed E-state index contributed by atoms with van der Waals surface area (Å²) in [5.74, 6) is -0.596. The van der Waals surface area contributed by atoms with Crippen LogP contribution in [0, 0.1) is 0 Å². The minimum Gasteiger partial charge on any atom is -0.407 e. The van der Waals surface area contributed by atoms with Crippen molar-refractivity contribution in [2.45, 2.75) is 45.4 Å². The zero-order valence-corrected chi connectivity index (χ0v) is 19.6. The standard InChI is InChI=1S/C20H22ClF2N5O3Si/c1-32(2,3)7-6-30-11-27-17-13(21)5-4-12(18(17)31-20(27)29)14-8-24-19-15(26-14)9-25-28(19)10-16(22)23/h4-5,8-9,16H,6-7,10-11H2,1-3H3. The number of halogens is 3. The van der Waals surface area contributed by atoms with Crippen LogP contribution in [0.25, 0.3) is 33.5 Å². The molecule has 8 nitrogen and oxygen atoms in total. The number of hydrogen-bond donors (Lipinski definition) is 0. The molecule has 0 spiro atoms. The first-order valence-corrected chi connectivity index (χ1v) is 14.1. The van der Waals surface area contributed by atoms with Crippen LogP contribution in [0.5, 0.6) is 0 Å². The molecule has 0 saturated carbocycles. The lowest BCUT2D eigenvalue weighted by Gasteiger charge is -2.15. The van der Waals surface area contributed by atoms with Crippen LogP contribution in [0.3, 0.4) is 0 Å². The number of alkyl halides is 2. The summed E-state index contributed by atoms with van der Waals surface area (Å²) in [5.41, 5.74) is 2.15. The van der Waals surface area contributed by atoms with Gasteiger partial charge >= 0.3 is 5.76 Å². The molecular weight excluding hydrogens is 460 g/mol. The van der Waals surface area contributed by atoms with Gasteiger partial charge in [0.05, 0.1) is 23.1 Å². The van der Waals surface area contributed by atoms with Crippen molar-refractivity contribution in [3.05, 3.63) is 40.1 Å². The van der Waals surface area contributed by atoms with Crippen molar-refractivity contribution in [1.82, 2.24) is 24.3 Å². The van der Waals surface area contributed by atoms with E-state index in [1.807, 2.05) is 0 Å². The van der Waals surface area contributed by atoms with Gasteiger partial charge in [0, 0.05) is 20.2 Å². The van der Waals surface area contributed by atoms with Gasteiger partial charge in [-0.2, -0.15) is 5.10 Å². The van der Waals surface area contributed by atoms with E-state index in [0.717, 1.165) is 10.7 Å². The maximum Gasteiger partial charge on any atom is 0.421 e. The molecule has 170 valence electrons. The number of oxazole rings is 1. The lowest BCUT2D eigenvalue weighted by Crippen LogP contribution is -2.23. The first-order valence-electron chi connectivity index (χ1n) is 10.0. The van der Waals surface area contributed by atoms with E-state index in [-0.39, 0.29) is 18.0 Å². The smallest absolute Gasteiger partial charge is 0.407 e. The second-order valence-electron chi connectivity index (χ2n) is 8.60. The first-order chi connectivity index (χ1) is 15.1. The predicted octanol–water partition coefficient (Wildman–Crippen LogP) is 4.63. The molecule has 12 heteroatoms. The molecule has 0 aliphatic carbocycles. The summed E-state index contributed by atoms with van der Waals surface area (Å²) in [6, 6.07) is 4.27. The van der Waals surface area contributed by atoms with Crippen LogP contribution in [0.2, 0.25) is 30.7 Å². The van der Waals surface area contributed by atoms with Gasteiger partial charge in [-0.25, -0.2) is 32.8 Å². The molecular formula is C20H22ClF2N5O3Si. The maximum absolute atomic E-state index is 12.7. The number of aromatic nitrogens is 5. The third-order valence-corrected chi connectivity index (χ3v) is 6.92. The Labute approximate surface area is 187 Å². The van der Waals surface area contributed by atoms with E-state index in [1.165, 1.54) is 17.0 Å². The van der Waals surface area contributed by atoms with Gasteiger partial charge in [0.2, 0.25) is 0 Å². The Morgan fingerprint density at radius 3 is 2.75 bits per heavy atom. The van der Waals surface area contributed by atoms with Crippen LogP contribution in [-0.4, -0.2) is 45.4 Å². The fraction of sp³-hybridized carbons (Fsp3) is 0.400. The molecule has 4 rings (SSSR count). The van der Waals surface area contributed by atoms with Gasteiger partial charge in [0.1, 0.15) is 24.3 Å². The highest BCUT2D eigenvalue weighted by molar-refractivity contribution is 6.76. The number of ether oxygens (including phenoxy) is 1. The molecule has 3 aromatic heterocycles. The van der Waals surface area contributed by atoms with Crippen LogP contribution in [0.1, 0.15) is 0 Å². The van der Waals surface area contributed by atoms with Crippen molar-refractivity contribution in [3.63, 3.8) is 0 Å².